The maximum Gasteiger partial charge on any atom is 0.309 e. The summed E-state index contributed by atoms with van der Waals surface area (Å²) in [6.07, 6.45) is 6.09. The minimum atomic E-state index is -0.637. The van der Waals surface area contributed by atoms with Crippen LogP contribution in [0.25, 0.3) is 0 Å². The van der Waals surface area contributed by atoms with E-state index in [4.69, 9.17) is 0 Å². The third-order valence-electron chi connectivity index (χ3n) is 5.93. The summed E-state index contributed by atoms with van der Waals surface area (Å²) in [6.45, 7) is 0.988. The second-order valence-electron chi connectivity index (χ2n) is 7.56. The molecule has 0 bridgehead atoms. The molecule has 0 radical (unpaired) electrons. The van der Waals surface area contributed by atoms with Gasteiger partial charge >= 0.3 is 5.97 Å². The molecular weight excluding hydrogens is 335 g/mol. The van der Waals surface area contributed by atoms with Gasteiger partial charge in [-0.3, -0.25) is 4.79 Å². The van der Waals surface area contributed by atoms with Gasteiger partial charge in [0.05, 0.1) is 18.5 Å². The molecule has 0 saturated heterocycles. The molecule has 2 fully saturated rings. The molecule has 1 unspecified atom stereocenters. The fraction of sp³-hybridized carbons (Fsp3) is 0.526. The molecule has 3 atom stereocenters. The molecule has 1 heterocycles. The summed E-state index contributed by atoms with van der Waals surface area (Å²) in [6, 6.07) is 6.64. The Morgan fingerprint density at radius 2 is 2.35 bits per heavy atom. The van der Waals surface area contributed by atoms with E-state index in [1.54, 1.807) is 17.1 Å². The first-order valence-corrected chi connectivity index (χ1v) is 9.15. The lowest BCUT2D eigenvalue weighted by Crippen LogP contribution is -2.33. The molecule has 26 heavy (non-hydrogen) atoms. The number of nitrogens with zero attached hydrogens (tertiary/aromatic N) is 3. The summed E-state index contributed by atoms with van der Waals surface area (Å²) in [5.74, 6) is 0.0595. The highest BCUT2D eigenvalue weighted by Crippen LogP contribution is 2.54. The third kappa shape index (κ3) is 3.23. The van der Waals surface area contributed by atoms with Gasteiger partial charge in [-0.2, -0.15) is 5.10 Å². The van der Waals surface area contributed by atoms with E-state index in [1.165, 1.54) is 12.1 Å². The number of nitrogens with one attached hydrogen (secondary N) is 1. The number of aliphatic carboxylic acids is 1. The number of fused-ring (bicyclic) bond motifs is 1. The van der Waals surface area contributed by atoms with E-state index in [-0.39, 0.29) is 17.8 Å². The number of carbonyl (C=O) groups is 1. The van der Waals surface area contributed by atoms with Gasteiger partial charge < -0.3 is 10.4 Å². The average molecular weight is 358 g/mol. The average Bonchev–Trinajstić information content (AvgIpc) is 3.27. The summed E-state index contributed by atoms with van der Waals surface area (Å²) in [5.41, 5.74) is 0.309. The van der Waals surface area contributed by atoms with Gasteiger partial charge in [-0.15, -0.1) is 0 Å². The molecule has 2 aliphatic carbocycles. The van der Waals surface area contributed by atoms with Crippen molar-refractivity contribution in [3.8, 4) is 0 Å². The van der Waals surface area contributed by atoms with Gasteiger partial charge in [-0.05, 0) is 49.3 Å². The van der Waals surface area contributed by atoms with Gasteiger partial charge in [0, 0.05) is 6.04 Å². The number of halogens is 1. The summed E-state index contributed by atoms with van der Waals surface area (Å²) < 4.78 is 14.9. The zero-order valence-corrected chi connectivity index (χ0v) is 14.6. The predicted octanol–water partition coefficient (Wildman–Crippen LogP) is 2.59. The molecule has 7 heteroatoms. The fourth-order valence-corrected chi connectivity index (χ4v) is 4.70. The molecule has 0 amide bonds. The molecule has 2 aromatic rings. The summed E-state index contributed by atoms with van der Waals surface area (Å²) in [5, 5.41) is 17.5. The van der Waals surface area contributed by atoms with E-state index < -0.39 is 11.4 Å². The minimum absolute atomic E-state index is 0.201. The van der Waals surface area contributed by atoms with Crippen molar-refractivity contribution in [1.82, 2.24) is 20.1 Å². The van der Waals surface area contributed by atoms with Crippen LogP contribution >= 0.6 is 0 Å². The quantitative estimate of drug-likeness (QED) is 0.830. The van der Waals surface area contributed by atoms with Crippen LogP contribution in [0.2, 0.25) is 0 Å². The van der Waals surface area contributed by atoms with Crippen molar-refractivity contribution in [2.75, 3.05) is 0 Å². The molecule has 4 rings (SSSR count). The van der Waals surface area contributed by atoms with Crippen LogP contribution in [0.3, 0.4) is 0 Å². The van der Waals surface area contributed by atoms with Gasteiger partial charge in [0.2, 0.25) is 0 Å². The number of hydrogen-bond acceptors (Lipinski definition) is 4. The van der Waals surface area contributed by atoms with Crippen molar-refractivity contribution in [3.63, 3.8) is 0 Å². The molecule has 6 nitrogen and oxygen atoms in total. The van der Waals surface area contributed by atoms with Crippen molar-refractivity contribution in [2.24, 2.45) is 11.3 Å². The Morgan fingerprint density at radius 3 is 3.12 bits per heavy atom. The first-order chi connectivity index (χ1) is 12.5. The lowest BCUT2D eigenvalue weighted by molar-refractivity contribution is -0.150. The maximum absolute atomic E-state index is 13.3. The Morgan fingerprint density at radius 1 is 1.46 bits per heavy atom. The summed E-state index contributed by atoms with van der Waals surface area (Å²) in [4.78, 5) is 16.0. The molecule has 2 N–H and O–H groups in total. The van der Waals surface area contributed by atoms with E-state index in [0.29, 0.717) is 25.3 Å². The van der Waals surface area contributed by atoms with Crippen molar-refractivity contribution < 1.29 is 14.3 Å². The molecular formula is C19H23FN4O2. The van der Waals surface area contributed by atoms with E-state index in [0.717, 1.165) is 31.2 Å². The first kappa shape index (κ1) is 17.1. The van der Waals surface area contributed by atoms with Crippen LogP contribution in [0.4, 0.5) is 4.39 Å². The SMILES string of the molecule is O=C(O)[C@]12CCC[C@H]1CC(NCc1ncn(Cc3cccc(F)c3)n1)C2. The first-order valence-electron chi connectivity index (χ1n) is 9.15. The number of aromatic nitrogens is 3. The lowest BCUT2D eigenvalue weighted by Gasteiger charge is -2.23. The monoisotopic (exact) mass is 358 g/mol. The van der Waals surface area contributed by atoms with E-state index in [1.807, 2.05) is 6.07 Å². The number of benzene rings is 1. The number of rotatable bonds is 6. The highest BCUT2D eigenvalue weighted by atomic mass is 19.1. The van der Waals surface area contributed by atoms with E-state index in [2.05, 4.69) is 15.4 Å². The third-order valence-corrected chi connectivity index (χ3v) is 5.93. The molecule has 138 valence electrons. The van der Waals surface area contributed by atoms with Crippen LogP contribution in [0.15, 0.2) is 30.6 Å². The van der Waals surface area contributed by atoms with Gasteiger partial charge in [-0.25, -0.2) is 14.1 Å². The Kier molecular flexibility index (Phi) is 4.48. The zero-order valence-electron chi connectivity index (χ0n) is 14.6. The van der Waals surface area contributed by atoms with Gasteiger partial charge in [-0.1, -0.05) is 18.6 Å². The highest BCUT2D eigenvalue weighted by Gasteiger charge is 2.54. The second-order valence-corrected chi connectivity index (χ2v) is 7.56. The molecule has 2 aliphatic rings. The predicted molar refractivity (Wildman–Crippen MR) is 92.8 cm³/mol. The molecule has 0 spiro atoms. The minimum Gasteiger partial charge on any atom is -0.481 e. The Bertz CT molecular complexity index is 808. The highest BCUT2D eigenvalue weighted by molar-refractivity contribution is 5.76. The van der Waals surface area contributed by atoms with Gasteiger partial charge in [0.15, 0.2) is 5.82 Å². The topological polar surface area (TPSA) is 80.0 Å². The van der Waals surface area contributed by atoms with Gasteiger partial charge in [0.1, 0.15) is 12.1 Å². The smallest absolute Gasteiger partial charge is 0.309 e. The fourth-order valence-electron chi connectivity index (χ4n) is 4.70. The Hall–Kier alpha value is -2.28. The van der Waals surface area contributed by atoms with Crippen LogP contribution in [0, 0.1) is 17.2 Å². The van der Waals surface area contributed by atoms with Crippen LogP contribution in [-0.2, 0) is 17.9 Å². The normalized spacial score (nSPS) is 27.6. The summed E-state index contributed by atoms with van der Waals surface area (Å²) in [7, 11) is 0. The van der Waals surface area contributed by atoms with Crippen molar-refractivity contribution in [2.45, 2.75) is 51.2 Å². The number of hydrogen-bond donors (Lipinski definition) is 2. The maximum atomic E-state index is 13.3. The van der Waals surface area contributed by atoms with Crippen molar-refractivity contribution >= 4 is 5.97 Å². The Balaban J connectivity index is 1.33. The zero-order chi connectivity index (χ0) is 18.1. The number of carboxylic acids is 1. The van der Waals surface area contributed by atoms with E-state index in [9.17, 15) is 14.3 Å². The van der Waals surface area contributed by atoms with Crippen LogP contribution in [0.5, 0.6) is 0 Å². The molecule has 0 aliphatic heterocycles. The lowest BCUT2D eigenvalue weighted by atomic mass is 9.80. The molecule has 1 aromatic carbocycles. The van der Waals surface area contributed by atoms with Crippen LogP contribution in [-0.4, -0.2) is 31.9 Å². The van der Waals surface area contributed by atoms with E-state index >= 15 is 0 Å². The van der Waals surface area contributed by atoms with Crippen LogP contribution < -0.4 is 5.32 Å². The number of carboxylic acid groups (broad SMARTS) is 1. The van der Waals surface area contributed by atoms with Crippen molar-refractivity contribution in [3.05, 3.63) is 47.8 Å². The Labute approximate surface area is 151 Å². The summed E-state index contributed by atoms with van der Waals surface area (Å²) >= 11 is 0. The van der Waals surface area contributed by atoms with Gasteiger partial charge in [0.25, 0.3) is 0 Å². The second kappa shape index (κ2) is 6.79. The standard InChI is InChI=1S/C19H23FN4O2/c20-15-5-1-3-13(7-15)11-24-12-22-17(23-24)10-21-16-8-14-4-2-6-19(14,9-16)18(25)26/h1,3,5,7,12,14,16,21H,2,4,6,8-11H2,(H,25,26)/t14-,16?,19-/m0/s1. The largest absolute Gasteiger partial charge is 0.481 e. The molecule has 1 aromatic heterocycles. The van der Waals surface area contributed by atoms with Crippen LogP contribution in [0.1, 0.15) is 43.5 Å². The molecule has 2 saturated carbocycles. The van der Waals surface area contributed by atoms with Crippen molar-refractivity contribution in [1.29, 1.82) is 0 Å².